The molecule has 2 rings (SSSR count). The first-order chi connectivity index (χ1) is 7.08. The van der Waals surface area contributed by atoms with E-state index in [9.17, 15) is 0 Å². The van der Waals surface area contributed by atoms with Crippen LogP contribution in [0.2, 0.25) is 10.0 Å². The molecule has 1 aromatic carbocycles. The number of hydrogen-bond acceptors (Lipinski definition) is 3. The average molecular weight is 243 g/mol. The molecule has 78 valence electrons. The fourth-order valence-electron chi connectivity index (χ4n) is 1.27. The maximum Gasteiger partial charge on any atom is 0.240 e. The summed E-state index contributed by atoms with van der Waals surface area (Å²) in [5.74, 6) is 0.935. The van der Waals surface area contributed by atoms with Crippen LogP contribution in [0.15, 0.2) is 18.2 Å². The van der Waals surface area contributed by atoms with Crippen molar-refractivity contribution in [2.24, 2.45) is 0 Å². The molecule has 0 atom stereocenters. The number of hydrogen-bond donors (Lipinski definition) is 1. The summed E-state index contributed by atoms with van der Waals surface area (Å²) >= 11 is 11.7. The summed E-state index contributed by atoms with van der Waals surface area (Å²) in [6.45, 7) is 1.81. The van der Waals surface area contributed by atoms with Gasteiger partial charge in [0.1, 0.15) is 5.82 Å². The Bertz CT molecular complexity index is 507. The number of nitrogen functional groups attached to an aromatic ring is 1. The summed E-state index contributed by atoms with van der Waals surface area (Å²) in [6.07, 6.45) is 0. The molecule has 0 aliphatic heterocycles. The molecule has 0 aliphatic carbocycles. The molecule has 0 fully saturated rings. The van der Waals surface area contributed by atoms with Crippen LogP contribution in [0.3, 0.4) is 0 Å². The molecule has 0 unspecified atom stereocenters. The number of anilines is 1. The summed E-state index contributed by atoms with van der Waals surface area (Å²) in [4.78, 5) is 3.99. The number of nitrogens with two attached hydrogens (primary N) is 1. The molecule has 0 spiro atoms. The van der Waals surface area contributed by atoms with E-state index in [1.165, 1.54) is 0 Å². The van der Waals surface area contributed by atoms with Gasteiger partial charge in [-0.15, -0.1) is 5.10 Å². The van der Waals surface area contributed by atoms with Crippen molar-refractivity contribution < 1.29 is 0 Å². The topological polar surface area (TPSA) is 56.7 Å². The van der Waals surface area contributed by atoms with Crippen LogP contribution < -0.4 is 5.73 Å². The molecule has 0 bridgehead atoms. The Hall–Kier alpha value is -1.26. The van der Waals surface area contributed by atoms with E-state index >= 15 is 0 Å². The number of aromatic nitrogens is 3. The lowest BCUT2D eigenvalue weighted by Crippen LogP contribution is -1.99. The van der Waals surface area contributed by atoms with Gasteiger partial charge in [-0.2, -0.15) is 4.98 Å². The van der Waals surface area contributed by atoms with Gasteiger partial charge in [-0.3, -0.25) is 0 Å². The molecular weight excluding hydrogens is 235 g/mol. The highest BCUT2D eigenvalue weighted by atomic mass is 35.5. The summed E-state index contributed by atoms with van der Waals surface area (Å²) < 4.78 is 1.61. The van der Waals surface area contributed by atoms with Crippen molar-refractivity contribution >= 4 is 29.2 Å². The Balaban J connectivity index is 2.54. The Labute approximate surface area is 96.6 Å². The zero-order valence-electron chi connectivity index (χ0n) is 7.91. The number of aryl methyl sites for hydroxylation is 1. The first kappa shape index (κ1) is 10.3. The average Bonchev–Trinajstić information content (AvgIpc) is 2.50. The van der Waals surface area contributed by atoms with E-state index in [-0.39, 0.29) is 5.95 Å². The van der Waals surface area contributed by atoms with E-state index in [4.69, 9.17) is 28.9 Å². The first-order valence-corrected chi connectivity index (χ1v) is 4.98. The van der Waals surface area contributed by atoms with Crippen LogP contribution in [0.5, 0.6) is 0 Å². The maximum atomic E-state index is 5.90. The third-order valence-corrected chi connectivity index (χ3v) is 2.67. The number of nitrogens with zero attached hydrogens (tertiary/aromatic N) is 3. The highest BCUT2D eigenvalue weighted by Gasteiger charge is 2.07. The fraction of sp³-hybridized carbons (Fsp3) is 0.111. The summed E-state index contributed by atoms with van der Waals surface area (Å²) in [5, 5.41) is 5.01. The second kappa shape index (κ2) is 3.72. The lowest BCUT2D eigenvalue weighted by molar-refractivity contribution is 0.843. The molecule has 1 heterocycles. The monoisotopic (exact) mass is 242 g/mol. The third kappa shape index (κ3) is 1.91. The van der Waals surface area contributed by atoms with E-state index in [0.717, 1.165) is 5.69 Å². The third-order valence-electron chi connectivity index (χ3n) is 1.93. The minimum Gasteiger partial charge on any atom is -0.366 e. The van der Waals surface area contributed by atoms with Crippen LogP contribution in [-0.4, -0.2) is 14.8 Å². The molecule has 6 heteroatoms. The molecule has 4 nitrogen and oxygen atoms in total. The number of halogens is 2. The highest BCUT2D eigenvalue weighted by Crippen LogP contribution is 2.24. The van der Waals surface area contributed by atoms with Crippen LogP contribution >= 0.6 is 23.2 Å². The normalized spacial score (nSPS) is 10.6. The standard InChI is InChI=1S/C9H8Cl2N4/c1-5-13-9(12)14-15(5)6-2-3-7(10)8(11)4-6/h2-4H,1H3,(H2,12,14). The van der Waals surface area contributed by atoms with Gasteiger partial charge in [0.25, 0.3) is 0 Å². The summed E-state index contributed by atoms with van der Waals surface area (Å²) in [6, 6.07) is 5.22. The smallest absolute Gasteiger partial charge is 0.240 e. The predicted molar refractivity (Wildman–Crippen MR) is 60.5 cm³/mol. The molecule has 0 amide bonds. The second-order valence-electron chi connectivity index (χ2n) is 3.03. The number of rotatable bonds is 1. The van der Waals surface area contributed by atoms with Crippen LogP contribution in [0.4, 0.5) is 5.95 Å². The van der Waals surface area contributed by atoms with Gasteiger partial charge in [0.2, 0.25) is 5.95 Å². The van der Waals surface area contributed by atoms with Gasteiger partial charge >= 0.3 is 0 Å². The lowest BCUT2D eigenvalue weighted by atomic mass is 10.3. The van der Waals surface area contributed by atoms with Gasteiger partial charge in [0, 0.05) is 0 Å². The zero-order valence-corrected chi connectivity index (χ0v) is 9.42. The van der Waals surface area contributed by atoms with E-state index in [1.54, 1.807) is 22.9 Å². The van der Waals surface area contributed by atoms with Crippen molar-refractivity contribution in [3.05, 3.63) is 34.1 Å². The molecule has 2 aromatic rings. The van der Waals surface area contributed by atoms with Crippen LogP contribution in [0.25, 0.3) is 5.69 Å². The molecule has 1 aromatic heterocycles. The maximum absolute atomic E-state index is 5.90. The molecule has 15 heavy (non-hydrogen) atoms. The fourth-order valence-corrected chi connectivity index (χ4v) is 1.56. The van der Waals surface area contributed by atoms with Crippen molar-refractivity contribution in [3.8, 4) is 5.69 Å². The second-order valence-corrected chi connectivity index (χ2v) is 3.84. The van der Waals surface area contributed by atoms with Crippen molar-refractivity contribution in [1.82, 2.24) is 14.8 Å². The molecule has 0 aliphatic rings. The van der Waals surface area contributed by atoms with E-state index in [2.05, 4.69) is 10.1 Å². The Kier molecular flexibility index (Phi) is 2.54. The minimum atomic E-state index is 0.235. The molecule has 2 N–H and O–H groups in total. The molecule has 0 saturated carbocycles. The van der Waals surface area contributed by atoms with Crippen molar-refractivity contribution in [2.75, 3.05) is 5.73 Å². The van der Waals surface area contributed by atoms with Crippen LogP contribution in [0.1, 0.15) is 5.82 Å². The largest absolute Gasteiger partial charge is 0.366 e. The minimum absolute atomic E-state index is 0.235. The van der Waals surface area contributed by atoms with Gasteiger partial charge in [-0.1, -0.05) is 23.2 Å². The highest BCUT2D eigenvalue weighted by molar-refractivity contribution is 6.42. The quantitative estimate of drug-likeness (QED) is 0.836. The van der Waals surface area contributed by atoms with Gasteiger partial charge in [-0.25, -0.2) is 4.68 Å². The van der Waals surface area contributed by atoms with Crippen molar-refractivity contribution in [1.29, 1.82) is 0 Å². The van der Waals surface area contributed by atoms with Gasteiger partial charge in [-0.05, 0) is 25.1 Å². The zero-order chi connectivity index (χ0) is 11.0. The van der Waals surface area contributed by atoms with Crippen LogP contribution in [0, 0.1) is 6.92 Å². The van der Waals surface area contributed by atoms with Gasteiger partial charge < -0.3 is 5.73 Å². The SMILES string of the molecule is Cc1nc(N)nn1-c1ccc(Cl)c(Cl)c1. The van der Waals surface area contributed by atoms with Crippen LogP contribution in [-0.2, 0) is 0 Å². The summed E-state index contributed by atoms with van der Waals surface area (Å²) in [7, 11) is 0. The van der Waals surface area contributed by atoms with E-state index in [0.29, 0.717) is 15.9 Å². The Morgan fingerprint density at radius 1 is 1.27 bits per heavy atom. The van der Waals surface area contributed by atoms with E-state index in [1.807, 2.05) is 6.92 Å². The molecule has 0 saturated heterocycles. The van der Waals surface area contributed by atoms with Crippen molar-refractivity contribution in [3.63, 3.8) is 0 Å². The molecular formula is C9H8Cl2N4. The van der Waals surface area contributed by atoms with E-state index < -0.39 is 0 Å². The lowest BCUT2D eigenvalue weighted by Gasteiger charge is -2.03. The first-order valence-electron chi connectivity index (χ1n) is 4.22. The summed E-state index contributed by atoms with van der Waals surface area (Å²) in [5.41, 5.74) is 6.27. The van der Waals surface area contributed by atoms with Gasteiger partial charge in [0.15, 0.2) is 0 Å². The molecule has 0 radical (unpaired) electrons. The number of benzene rings is 1. The Morgan fingerprint density at radius 2 is 2.00 bits per heavy atom. The van der Waals surface area contributed by atoms with Gasteiger partial charge in [0.05, 0.1) is 15.7 Å². The Morgan fingerprint density at radius 3 is 2.53 bits per heavy atom. The predicted octanol–water partition coefficient (Wildman–Crippen LogP) is 2.46. The van der Waals surface area contributed by atoms with Crippen molar-refractivity contribution in [2.45, 2.75) is 6.92 Å².